The van der Waals surface area contributed by atoms with Crippen molar-refractivity contribution in [3.63, 3.8) is 0 Å². The van der Waals surface area contributed by atoms with Gasteiger partial charge in [0.15, 0.2) is 11.0 Å². The average Bonchev–Trinajstić information content (AvgIpc) is 3.25. The molecule has 0 radical (unpaired) electrons. The maximum Gasteiger partial charge on any atom is 0.195 e. The Morgan fingerprint density at radius 3 is 3.00 bits per heavy atom. The van der Waals surface area contributed by atoms with Gasteiger partial charge < -0.3 is 10.5 Å². The minimum Gasteiger partial charge on any atom is -0.497 e. The van der Waals surface area contributed by atoms with Crippen LogP contribution in [0.25, 0.3) is 5.69 Å². The van der Waals surface area contributed by atoms with E-state index in [0.717, 1.165) is 34.7 Å². The fourth-order valence-corrected chi connectivity index (χ4v) is 4.36. The van der Waals surface area contributed by atoms with Crippen molar-refractivity contribution in [1.29, 1.82) is 0 Å². The molecule has 1 aliphatic rings. The molecule has 1 atom stereocenters. The second-order valence-corrected chi connectivity index (χ2v) is 6.86. The first-order valence-electron chi connectivity index (χ1n) is 8.42. The summed E-state index contributed by atoms with van der Waals surface area (Å²) in [6.07, 6.45) is 2.55. The minimum atomic E-state index is 0.356. The zero-order valence-corrected chi connectivity index (χ0v) is 15.1. The van der Waals surface area contributed by atoms with Gasteiger partial charge in [0, 0.05) is 17.9 Å². The molecule has 1 aromatic heterocycles. The number of ether oxygens (including phenoxy) is 1. The van der Waals surface area contributed by atoms with Crippen molar-refractivity contribution in [2.75, 3.05) is 26.0 Å². The molecular weight excluding hydrogens is 322 g/mol. The number of thioether (sulfide) groups is 1. The fraction of sp³-hybridized carbons (Fsp3) is 0.529. The lowest BCUT2D eigenvalue weighted by Gasteiger charge is -2.22. The summed E-state index contributed by atoms with van der Waals surface area (Å²) in [7, 11) is 1.67. The Kier molecular flexibility index (Phi) is 5.76. The first-order chi connectivity index (χ1) is 11.8. The number of nitrogens with two attached hydrogens (primary N) is 1. The molecule has 1 aliphatic heterocycles. The zero-order chi connectivity index (χ0) is 16.9. The van der Waals surface area contributed by atoms with Crippen LogP contribution >= 0.6 is 11.8 Å². The monoisotopic (exact) mass is 347 g/mol. The van der Waals surface area contributed by atoms with E-state index in [-0.39, 0.29) is 0 Å². The van der Waals surface area contributed by atoms with Crippen LogP contribution in [0.4, 0.5) is 0 Å². The third-order valence-corrected chi connectivity index (χ3v) is 5.58. The molecule has 1 saturated heterocycles. The van der Waals surface area contributed by atoms with E-state index < -0.39 is 0 Å². The largest absolute Gasteiger partial charge is 0.497 e. The van der Waals surface area contributed by atoms with Crippen molar-refractivity contribution in [2.45, 2.75) is 37.5 Å². The SMILES string of the molecule is CCN1CCC[C@@H]1CSc1nnc(CN)n1-c1cccc(OC)c1. The van der Waals surface area contributed by atoms with Gasteiger partial charge >= 0.3 is 0 Å². The van der Waals surface area contributed by atoms with Crippen LogP contribution in [-0.2, 0) is 6.54 Å². The number of hydrogen-bond acceptors (Lipinski definition) is 6. The third-order valence-electron chi connectivity index (χ3n) is 4.50. The molecule has 0 bridgehead atoms. The van der Waals surface area contributed by atoms with E-state index in [0.29, 0.717) is 12.6 Å². The van der Waals surface area contributed by atoms with Crippen LogP contribution in [-0.4, -0.2) is 51.7 Å². The molecule has 7 heteroatoms. The van der Waals surface area contributed by atoms with Gasteiger partial charge in [-0.25, -0.2) is 0 Å². The highest BCUT2D eigenvalue weighted by Gasteiger charge is 2.24. The van der Waals surface area contributed by atoms with E-state index in [9.17, 15) is 0 Å². The molecule has 0 saturated carbocycles. The van der Waals surface area contributed by atoms with Crippen LogP contribution in [0, 0.1) is 0 Å². The molecule has 0 aliphatic carbocycles. The summed E-state index contributed by atoms with van der Waals surface area (Å²) in [6, 6.07) is 8.54. The summed E-state index contributed by atoms with van der Waals surface area (Å²) < 4.78 is 7.38. The molecule has 130 valence electrons. The Bertz CT molecular complexity index is 675. The van der Waals surface area contributed by atoms with Gasteiger partial charge in [0.1, 0.15) is 5.75 Å². The summed E-state index contributed by atoms with van der Waals surface area (Å²) in [6.45, 7) is 4.91. The van der Waals surface area contributed by atoms with Gasteiger partial charge in [0.2, 0.25) is 0 Å². The molecular formula is C17H25N5OS. The summed E-state index contributed by atoms with van der Waals surface area (Å²) >= 11 is 1.76. The van der Waals surface area contributed by atoms with Crippen LogP contribution in [0.2, 0.25) is 0 Å². The van der Waals surface area contributed by atoms with Crippen LogP contribution in [0.5, 0.6) is 5.75 Å². The normalized spacial score (nSPS) is 18.2. The van der Waals surface area contributed by atoms with Crippen LogP contribution in [0.3, 0.4) is 0 Å². The van der Waals surface area contributed by atoms with Gasteiger partial charge in [-0.1, -0.05) is 24.8 Å². The Morgan fingerprint density at radius 1 is 1.38 bits per heavy atom. The van der Waals surface area contributed by atoms with Crippen LogP contribution < -0.4 is 10.5 Å². The van der Waals surface area contributed by atoms with Gasteiger partial charge in [0.25, 0.3) is 0 Å². The predicted molar refractivity (Wildman–Crippen MR) is 96.8 cm³/mol. The Labute approximate surface area is 147 Å². The highest BCUT2D eigenvalue weighted by atomic mass is 32.2. The highest BCUT2D eigenvalue weighted by Crippen LogP contribution is 2.28. The van der Waals surface area contributed by atoms with E-state index in [4.69, 9.17) is 10.5 Å². The predicted octanol–water partition coefficient (Wildman–Crippen LogP) is 2.31. The van der Waals surface area contributed by atoms with Crippen molar-refractivity contribution in [2.24, 2.45) is 5.73 Å². The summed E-state index contributed by atoms with van der Waals surface area (Å²) in [5.41, 5.74) is 6.85. The molecule has 0 spiro atoms. The lowest BCUT2D eigenvalue weighted by atomic mass is 10.2. The minimum absolute atomic E-state index is 0.356. The number of aromatic nitrogens is 3. The lowest BCUT2D eigenvalue weighted by Crippen LogP contribution is -2.31. The number of likely N-dealkylation sites (tertiary alicyclic amines) is 1. The zero-order valence-electron chi connectivity index (χ0n) is 14.3. The number of nitrogens with zero attached hydrogens (tertiary/aromatic N) is 4. The quantitative estimate of drug-likeness (QED) is 0.775. The molecule has 1 fully saturated rings. The standard InChI is InChI=1S/C17H25N5OS/c1-3-21-9-5-7-14(21)12-24-17-20-19-16(11-18)22(17)13-6-4-8-15(10-13)23-2/h4,6,8,10,14H,3,5,7,9,11-12,18H2,1-2H3/t14-/m1/s1. The van der Waals surface area contributed by atoms with E-state index >= 15 is 0 Å². The van der Waals surface area contributed by atoms with Crippen LogP contribution in [0.1, 0.15) is 25.6 Å². The molecule has 2 N–H and O–H groups in total. The van der Waals surface area contributed by atoms with Gasteiger partial charge in [-0.3, -0.25) is 9.47 Å². The van der Waals surface area contributed by atoms with Crippen molar-refractivity contribution >= 4 is 11.8 Å². The van der Waals surface area contributed by atoms with Gasteiger partial charge in [0.05, 0.1) is 19.3 Å². The smallest absolute Gasteiger partial charge is 0.195 e. The Hall–Kier alpha value is -1.57. The fourth-order valence-electron chi connectivity index (χ4n) is 3.21. The second kappa shape index (κ2) is 8.00. The molecule has 2 heterocycles. The van der Waals surface area contributed by atoms with E-state index in [2.05, 4.69) is 22.0 Å². The first-order valence-corrected chi connectivity index (χ1v) is 9.41. The highest BCUT2D eigenvalue weighted by molar-refractivity contribution is 7.99. The summed E-state index contributed by atoms with van der Waals surface area (Å²) in [5.74, 6) is 2.61. The van der Waals surface area contributed by atoms with Crippen molar-refractivity contribution in [3.05, 3.63) is 30.1 Å². The molecule has 1 aromatic carbocycles. The first kappa shape index (κ1) is 17.3. The van der Waals surface area contributed by atoms with E-state index in [1.165, 1.54) is 19.4 Å². The maximum absolute atomic E-state index is 5.86. The summed E-state index contributed by atoms with van der Waals surface area (Å²) in [4.78, 5) is 2.54. The lowest BCUT2D eigenvalue weighted by molar-refractivity contribution is 0.287. The molecule has 24 heavy (non-hydrogen) atoms. The molecule has 0 unspecified atom stereocenters. The summed E-state index contributed by atoms with van der Waals surface area (Å²) in [5, 5.41) is 9.53. The third kappa shape index (κ3) is 3.58. The van der Waals surface area contributed by atoms with Crippen molar-refractivity contribution in [3.8, 4) is 11.4 Å². The van der Waals surface area contributed by atoms with Gasteiger partial charge in [-0.2, -0.15) is 0 Å². The van der Waals surface area contributed by atoms with Crippen LogP contribution in [0.15, 0.2) is 29.4 Å². The van der Waals surface area contributed by atoms with Crippen molar-refractivity contribution < 1.29 is 4.74 Å². The van der Waals surface area contributed by atoms with E-state index in [1.54, 1.807) is 18.9 Å². The number of hydrogen-bond donors (Lipinski definition) is 1. The number of benzene rings is 1. The average molecular weight is 347 g/mol. The molecule has 6 nitrogen and oxygen atoms in total. The number of rotatable bonds is 7. The number of methoxy groups -OCH3 is 1. The van der Waals surface area contributed by atoms with E-state index in [1.807, 2.05) is 28.8 Å². The molecule has 2 aromatic rings. The maximum atomic E-state index is 5.86. The second-order valence-electron chi connectivity index (χ2n) is 5.88. The van der Waals surface area contributed by atoms with Gasteiger partial charge in [-0.05, 0) is 38.1 Å². The van der Waals surface area contributed by atoms with Crippen molar-refractivity contribution in [1.82, 2.24) is 19.7 Å². The van der Waals surface area contributed by atoms with Gasteiger partial charge in [-0.15, -0.1) is 10.2 Å². The Morgan fingerprint density at radius 2 is 2.25 bits per heavy atom. The molecule has 0 amide bonds. The topological polar surface area (TPSA) is 69.2 Å². The molecule has 3 rings (SSSR count). The Balaban J connectivity index is 1.82.